The fourth-order valence-electron chi connectivity index (χ4n) is 12.3. The predicted octanol–water partition coefficient (Wildman–Crippen LogP) is 23.9. The van der Waals surface area contributed by atoms with Crippen LogP contribution in [0, 0.1) is 11.8 Å². The highest BCUT2D eigenvalue weighted by Crippen LogP contribution is 2.45. The predicted molar refractivity (Wildman–Crippen MR) is 405 cm³/mol. The van der Waals surface area contributed by atoms with Gasteiger partial charge >= 0.3 is 39.5 Å². The number of phosphoric ester groups is 2. The molecule has 0 aromatic rings. The molecule has 3 N–H and O–H groups in total. The molecule has 588 valence electrons. The lowest BCUT2D eigenvalue weighted by atomic mass is 9.99. The van der Waals surface area contributed by atoms with Gasteiger partial charge in [-0.2, -0.15) is 0 Å². The molecule has 0 saturated carbocycles. The molecule has 0 heterocycles. The van der Waals surface area contributed by atoms with Gasteiger partial charge in [0, 0.05) is 25.7 Å². The van der Waals surface area contributed by atoms with E-state index in [-0.39, 0.29) is 25.7 Å². The standard InChI is InChI=1S/C80H156O17P2/c1-7-10-12-14-15-16-17-18-19-20-21-22-23-24-28-31-34-37-40-45-51-57-63-78(83)91-69-76(97-79(84)64-58-52-46-41-38-35-32-29-26-25-27-30-33-36-39-44-50-55-61-73(6)9-3)71-95-99(88,89)93-67-74(81)66-92-98(86,87)94-70-75(68-90-77(82)62-56-48-13-11-8-2)96-80(85)65-59-53-47-42-43-49-54-60-72(4)5/h72-76,81H,7-71H2,1-6H3,(H,86,87)(H,88,89)/t73?,74-,75+,76+/m0/s1. The van der Waals surface area contributed by atoms with Crippen LogP contribution in [0.5, 0.6) is 0 Å². The molecule has 99 heavy (non-hydrogen) atoms. The number of ether oxygens (including phenoxy) is 4. The Kier molecular flexibility index (Phi) is 70.3. The SMILES string of the molecule is CCCCCCCCCCCCCCCCCCCCCCCCC(=O)OC[C@H](COP(=O)(O)OC[C@@H](O)COP(=O)(O)OC[C@@H](COC(=O)CCCCCCC)OC(=O)CCCCCCCCCC(C)C)OC(=O)CCCCCCCCCCCCCCCCCCCCC(C)CC. The van der Waals surface area contributed by atoms with E-state index < -0.39 is 97.5 Å². The molecule has 0 aromatic heterocycles. The van der Waals surface area contributed by atoms with Crippen LogP contribution in [0.25, 0.3) is 0 Å². The van der Waals surface area contributed by atoms with Gasteiger partial charge in [0.15, 0.2) is 12.2 Å². The van der Waals surface area contributed by atoms with E-state index in [9.17, 15) is 43.2 Å². The summed E-state index contributed by atoms with van der Waals surface area (Å²) in [4.78, 5) is 72.5. The summed E-state index contributed by atoms with van der Waals surface area (Å²) in [5, 5.41) is 10.6. The molecule has 0 aliphatic heterocycles. The molecule has 6 atom stereocenters. The van der Waals surface area contributed by atoms with Crippen molar-refractivity contribution in [2.75, 3.05) is 39.6 Å². The minimum Gasteiger partial charge on any atom is -0.462 e. The molecule has 0 spiro atoms. The van der Waals surface area contributed by atoms with Crippen molar-refractivity contribution in [1.29, 1.82) is 0 Å². The molecule has 0 saturated heterocycles. The quantitative estimate of drug-likeness (QED) is 0.0222. The summed E-state index contributed by atoms with van der Waals surface area (Å²) in [5.41, 5.74) is 0. The lowest BCUT2D eigenvalue weighted by Gasteiger charge is -2.21. The average molecular weight is 1450 g/mol. The monoisotopic (exact) mass is 1450 g/mol. The van der Waals surface area contributed by atoms with Crippen molar-refractivity contribution < 1.29 is 80.2 Å². The molecule has 19 heteroatoms. The maximum atomic E-state index is 13.1. The molecule has 3 unspecified atom stereocenters. The van der Waals surface area contributed by atoms with Crippen molar-refractivity contribution >= 4 is 39.5 Å². The van der Waals surface area contributed by atoms with Crippen molar-refractivity contribution in [1.82, 2.24) is 0 Å². The minimum atomic E-state index is -4.96. The van der Waals surface area contributed by atoms with Crippen LogP contribution in [0.3, 0.4) is 0 Å². The second-order valence-corrected chi connectivity index (χ2v) is 32.4. The molecular formula is C80H156O17P2. The molecule has 0 rings (SSSR count). The second kappa shape index (κ2) is 71.7. The minimum absolute atomic E-state index is 0.103. The maximum Gasteiger partial charge on any atom is 0.472 e. The summed E-state index contributed by atoms with van der Waals surface area (Å²) >= 11 is 0. The van der Waals surface area contributed by atoms with E-state index in [1.807, 2.05) is 0 Å². The number of aliphatic hydroxyl groups excluding tert-OH is 1. The van der Waals surface area contributed by atoms with Crippen molar-refractivity contribution in [2.24, 2.45) is 11.8 Å². The van der Waals surface area contributed by atoms with Gasteiger partial charge in [-0.05, 0) is 37.5 Å². The number of rotatable bonds is 79. The van der Waals surface area contributed by atoms with Crippen LogP contribution in [0.2, 0.25) is 0 Å². The molecule has 0 fully saturated rings. The number of carbonyl (C=O) groups excluding carboxylic acids is 4. The number of unbranched alkanes of at least 4 members (excludes halogenated alkanes) is 48. The fraction of sp³-hybridized carbons (Fsp3) is 0.950. The van der Waals surface area contributed by atoms with E-state index in [1.54, 1.807) is 0 Å². The lowest BCUT2D eigenvalue weighted by Crippen LogP contribution is -2.30. The summed E-state index contributed by atoms with van der Waals surface area (Å²) in [5.74, 6) is -0.561. The zero-order valence-electron chi connectivity index (χ0n) is 64.8. The Morgan fingerprint density at radius 1 is 0.293 bits per heavy atom. The third kappa shape index (κ3) is 72.8. The molecular weight excluding hydrogens is 1290 g/mol. The van der Waals surface area contributed by atoms with Crippen molar-refractivity contribution in [3.8, 4) is 0 Å². The topological polar surface area (TPSA) is 237 Å². The van der Waals surface area contributed by atoms with Gasteiger partial charge in [-0.1, -0.05) is 369 Å². The fourth-order valence-corrected chi connectivity index (χ4v) is 13.9. The molecule has 17 nitrogen and oxygen atoms in total. The van der Waals surface area contributed by atoms with E-state index in [4.69, 9.17) is 37.0 Å². The largest absolute Gasteiger partial charge is 0.472 e. The van der Waals surface area contributed by atoms with Crippen molar-refractivity contribution in [3.63, 3.8) is 0 Å². The van der Waals surface area contributed by atoms with Crippen LogP contribution in [-0.4, -0.2) is 96.7 Å². The van der Waals surface area contributed by atoms with Crippen LogP contribution in [0.4, 0.5) is 0 Å². The molecule has 0 amide bonds. The Hall–Kier alpha value is -1.94. The first-order valence-electron chi connectivity index (χ1n) is 41.5. The maximum absolute atomic E-state index is 13.1. The zero-order valence-corrected chi connectivity index (χ0v) is 66.6. The molecule has 0 aliphatic rings. The normalized spacial score (nSPS) is 14.2. The van der Waals surface area contributed by atoms with Gasteiger partial charge in [-0.15, -0.1) is 0 Å². The Bertz CT molecular complexity index is 1910. The summed E-state index contributed by atoms with van der Waals surface area (Å²) in [6.07, 6.45) is 61.9. The van der Waals surface area contributed by atoms with Gasteiger partial charge in [0.1, 0.15) is 19.3 Å². The number of phosphoric acid groups is 2. The van der Waals surface area contributed by atoms with E-state index in [0.29, 0.717) is 31.6 Å². The van der Waals surface area contributed by atoms with Gasteiger partial charge in [-0.25, -0.2) is 9.13 Å². The Balaban J connectivity index is 5.07. The number of aliphatic hydroxyl groups is 1. The highest BCUT2D eigenvalue weighted by atomic mass is 31.2. The first-order chi connectivity index (χ1) is 47.9. The van der Waals surface area contributed by atoms with Crippen LogP contribution < -0.4 is 0 Å². The molecule has 0 radical (unpaired) electrons. The molecule has 0 aromatic carbocycles. The van der Waals surface area contributed by atoms with E-state index in [1.165, 1.54) is 231 Å². The van der Waals surface area contributed by atoms with E-state index in [0.717, 1.165) is 102 Å². The highest BCUT2D eigenvalue weighted by Gasteiger charge is 2.30. The zero-order chi connectivity index (χ0) is 72.8. The van der Waals surface area contributed by atoms with Crippen LogP contribution in [-0.2, 0) is 65.4 Å². The number of esters is 4. The second-order valence-electron chi connectivity index (χ2n) is 29.5. The third-order valence-electron chi connectivity index (χ3n) is 19.1. The highest BCUT2D eigenvalue weighted by molar-refractivity contribution is 7.47. The summed E-state index contributed by atoms with van der Waals surface area (Å²) in [6, 6.07) is 0. The van der Waals surface area contributed by atoms with E-state index in [2.05, 4.69) is 41.5 Å². The first-order valence-corrected chi connectivity index (χ1v) is 44.5. The summed E-state index contributed by atoms with van der Waals surface area (Å²) in [7, 11) is -9.90. The van der Waals surface area contributed by atoms with Gasteiger partial charge in [0.25, 0.3) is 0 Å². The van der Waals surface area contributed by atoms with Gasteiger partial charge in [0.05, 0.1) is 26.4 Å². The molecule has 0 aliphatic carbocycles. The Morgan fingerprint density at radius 2 is 0.515 bits per heavy atom. The van der Waals surface area contributed by atoms with Crippen LogP contribution in [0.1, 0.15) is 420 Å². The number of hydrogen-bond donors (Lipinski definition) is 3. The molecule has 0 bridgehead atoms. The number of hydrogen-bond acceptors (Lipinski definition) is 15. The van der Waals surface area contributed by atoms with E-state index >= 15 is 0 Å². The van der Waals surface area contributed by atoms with Crippen molar-refractivity contribution in [3.05, 3.63) is 0 Å². The average Bonchev–Trinajstić information content (AvgIpc) is 1.02. The van der Waals surface area contributed by atoms with Gasteiger partial charge < -0.3 is 33.8 Å². The van der Waals surface area contributed by atoms with Crippen molar-refractivity contribution in [2.45, 2.75) is 439 Å². The summed E-state index contributed by atoms with van der Waals surface area (Å²) < 4.78 is 68.3. The third-order valence-corrected chi connectivity index (χ3v) is 21.0. The first kappa shape index (κ1) is 97.1. The summed E-state index contributed by atoms with van der Waals surface area (Å²) in [6.45, 7) is 9.52. The lowest BCUT2D eigenvalue weighted by molar-refractivity contribution is -0.161. The Morgan fingerprint density at radius 3 is 0.768 bits per heavy atom. The van der Waals surface area contributed by atoms with Gasteiger partial charge in [-0.3, -0.25) is 37.3 Å². The van der Waals surface area contributed by atoms with Crippen LogP contribution >= 0.6 is 15.6 Å². The smallest absolute Gasteiger partial charge is 0.462 e. The Labute approximate surface area is 607 Å². The van der Waals surface area contributed by atoms with Crippen LogP contribution in [0.15, 0.2) is 0 Å². The number of carbonyl (C=O) groups is 4. The van der Waals surface area contributed by atoms with Gasteiger partial charge in [0.2, 0.25) is 0 Å².